The number of amides is 1. The van der Waals surface area contributed by atoms with Gasteiger partial charge in [-0.25, -0.2) is 0 Å². The first-order valence-electron chi connectivity index (χ1n) is 7.47. The van der Waals surface area contributed by atoms with Gasteiger partial charge in [0, 0.05) is 31.1 Å². The molecule has 2 N–H and O–H groups in total. The van der Waals surface area contributed by atoms with Crippen LogP contribution in [0, 0.1) is 11.8 Å². The van der Waals surface area contributed by atoms with E-state index in [0.717, 1.165) is 5.56 Å². The van der Waals surface area contributed by atoms with E-state index in [4.69, 9.17) is 15.2 Å². The molecule has 6 heteroatoms. The molecule has 2 heterocycles. The van der Waals surface area contributed by atoms with E-state index in [1.54, 1.807) is 37.6 Å². The fourth-order valence-corrected chi connectivity index (χ4v) is 2.28. The number of anilines is 1. The number of rotatable bonds is 2. The van der Waals surface area contributed by atoms with E-state index >= 15 is 0 Å². The summed E-state index contributed by atoms with van der Waals surface area (Å²) < 4.78 is 11.2. The zero-order valence-electron chi connectivity index (χ0n) is 13.2. The molecule has 1 aromatic heterocycles. The Morgan fingerprint density at radius 1 is 1.46 bits per heavy atom. The zero-order chi connectivity index (χ0) is 16.9. The van der Waals surface area contributed by atoms with Gasteiger partial charge in [0.2, 0.25) is 5.91 Å². The van der Waals surface area contributed by atoms with Gasteiger partial charge in [0.1, 0.15) is 30.8 Å². The van der Waals surface area contributed by atoms with Crippen LogP contribution in [-0.2, 0) is 4.79 Å². The minimum Gasteiger partial charge on any atom is -0.489 e. The molecule has 122 valence electrons. The highest BCUT2D eigenvalue weighted by atomic mass is 16.5. The van der Waals surface area contributed by atoms with Crippen LogP contribution in [0.15, 0.2) is 42.7 Å². The monoisotopic (exact) mass is 323 g/mol. The summed E-state index contributed by atoms with van der Waals surface area (Å²) in [6.45, 7) is 0.388. The Kier molecular flexibility index (Phi) is 4.64. The summed E-state index contributed by atoms with van der Waals surface area (Å²) in [5.74, 6) is 6.91. The fraction of sp³-hybridized carbons (Fsp3) is 0.222. The molecular formula is C18H17N3O3. The Labute approximate surface area is 140 Å². The third kappa shape index (κ3) is 3.47. The average Bonchev–Trinajstić information content (AvgIpc) is 2.72. The topological polar surface area (TPSA) is 77.7 Å². The maximum absolute atomic E-state index is 12.1. The van der Waals surface area contributed by atoms with Crippen LogP contribution in [0.4, 0.5) is 5.69 Å². The molecule has 0 unspecified atom stereocenters. The number of ether oxygens (including phenoxy) is 2. The van der Waals surface area contributed by atoms with Gasteiger partial charge in [-0.05, 0) is 24.3 Å². The molecule has 2 aromatic rings. The lowest BCUT2D eigenvalue weighted by molar-refractivity contribution is -0.119. The van der Waals surface area contributed by atoms with Crippen LogP contribution in [0.25, 0.3) is 0 Å². The molecule has 24 heavy (non-hydrogen) atoms. The highest BCUT2D eigenvalue weighted by Gasteiger charge is 2.26. The van der Waals surface area contributed by atoms with Gasteiger partial charge in [0.15, 0.2) is 0 Å². The molecule has 6 nitrogen and oxygen atoms in total. The third-order valence-electron chi connectivity index (χ3n) is 3.56. The highest BCUT2D eigenvalue weighted by molar-refractivity contribution is 5.98. The number of hydrogen-bond acceptors (Lipinski definition) is 5. The minimum absolute atomic E-state index is 0.160. The third-order valence-corrected chi connectivity index (χ3v) is 3.56. The lowest BCUT2D eigenvalue weighted by Crippen LogP contribution is -2.43. The second-order valence-corrected chi connectivity index (χ2v) is 5.28. The van der Waals surface area contributed by atoms with E-state index in [-0.39, 0.29) is 19.1 Å². The van der Waals surface area contributed by atoms with Crippen LogP contribution < -0.4 is 20.1 Å². The number of pyridine rings is 1. The molecule has 0 saturated carbocycles. The molecule has 1 aliphatic rings. The number of benzene rings is 1. The summed E-state index contributed by atoms with van der Waals surface area (Å²) in [4.78, 5) is 17.6. The van der Waals surface area contributed by atoms with Crippen molar-refractivity contribution in [2.24, 2.45) is 5.73 Å². The number of nitrogens with two attached hydrogens (primary N) is 1. The molecule has 0 bridgehead atoms. The summed E-state index contributed by atoms with van der Waals surface area (Å²) in [6, 6.07) is 8.33. The molecule has 0 spiro atoms. The fourth-order valence-electron chi connectivity index (χ4n) is 2.28. The first-order valence-corrected chi connectivity index (χ1v) is 7.47. The van der Waals surface area contributed by atoms with E-state index in [1.165, 1.54) is 4.90 Å². The molecule has 0 fully saturated rings. The maximum Gasteiger partial charge on any atom is 0.247 e. The molecule has 1 amide bonds. The van der Waals surface area contributed by atoms with Crippen LogP contribution in [0.2, 0.25) is 0 Å². The number of likely N-dealkylation sites (N-methyl/N-ethyl adjacent to an activating group) is 1. The number of fused-ring (bicyclic) bond motifs is 1. The number of carbonyl (C=O) groups excluding carboxylic acids is 1. The summed E-state index contributed by atoms with van der Waals surface area (Å²) in [5, 5.41) is 0. The van der Waals surface area contributed by atoms with Crippen LogP contribution >= 0.6 is 0 Å². The Morgan fingerprint density at radius 3 is 3.12 bits per heavy atom. The Balaban J connectivity index is 1.70. The second kappa shape index (κ2) is 7.02. The molecular weight excluding hydrogens is 306 g/mol. The normalized spacial score (nSPS) is 16.3. The lowest BCUT2D eigenvalue weighted by Gasteiger charge is -2.18. The Morgan fingerprint density at radius 2 is 2.33 bits per heavy atom. The predicted octanol–water partition coefficient (Wildman–Crippen LogP) is 1.19. The standard InChI is InChI=1S/C18H17N3O3/c1-21-16-10-14(6-7-17(16)24-12-15(19)18(21)22)23-9-3-5-13-4-2-8-20-11-13/h2,4,6-8,10-11,15H,9,12,19H2,1H3/t15-/m0/s1. The molecule has 1 aliphatic heterocycles. The van der Waals surface area contributed by atoms with Crippen molar-refractivity contribution in [2.75, 3.05) is 25.2 Å². The largest absolute Gasteiger partial charge is 0.489 e. The van der Waals surface area contributed by atoms with Gasteiger partial charge in [0.25, 0.3) is 0 Å². The van der Waals surface area contributed by atoms with Crippen molar-refractivity contribution < 1.29 is 14.3 Å². The molecule has 3 rings (SSSR count). The number of hydrogen-bond donors (Lipinski definition) is 1. The summed E-state index contributed by atoms with van der Waals surface area (Å²) in [7, 11) is 1.67. The first kappa shape index (κ1) is 15.8. The van der Waals surface area contributed by atoms with E-state index in [0.29, 0.717) is 17.2 Å². The average molecular weight is 323 g/mol. The van der Waals surface area contributed by atoms with Crippen molar-refractivity contribution in [1.82, 2.24) is 4.98 Å². The van der Waals surface area contributed by atoms with Crippen molar-refractivity contribution in [2.45, 2.75) is 6.04 Å². The van der Waals surface area contributed by atoms with Crippen molar-refractivity contribution in [3.8, 4) is 23.3 Å². The van der Waals surface area contributed by atoms with Crippen LogP contribution in [0.5, 0.6) is 11.5 Å². The Bertz CT molecular complexity index is 796. The number of nitrogens with zero attached hydrogens (tertiary/aromatic N) is 2. The minimum atomic E-state index is -0.669. The van der Waals surface area contributed by atoms with E-state index < -0.39 is 6.04 Å². The smallest absolute Gasteiger partial charge is 0.247 e. The van der Waals surface area contributed by atoms with Crippen molar-refractivity contribution in [1.29, 1.82) is 0 Å². The SMILES string of the molecule is CN1C(=O)[C@@H](N)COc2ccc(OCC#Cc3cccnc3)cc21. The van der Waals surface area contributed by atoms with E-state index in [9.17, 15) is 4.79 Å². The van der Waals surface area contributed by atoms with Crippen molar-refractivity contribution >= 4 is 11.6 Å². The molecule has 1 atom stereocenters. The highest BCUT2D eigenvalue weighted by Crippen LogP contribution is 2.33. The quantitative estimate of drug-likeness (QED) is 0.840. The van der Waals surface area contributed by atoms with Gasteiger partial charge < -0.3 is 20.1 Å². The molecule has 0 radical (unpaired) electrons. The summed E-state index contributed by atoms with van der Waals surface area (Å²) >= 11 is 0. The molecule has 0 saturated heterocycles. The lowest BCUT2D eigenvalue weighted by atomic mass is 10.2. The van der Waals surface area contributed by atoms with Crippen LogP contribution in [0.1, 0.15) is 5.56 Å². The summed E-state index contributed by atoms with van der Waals surface area (Å²) in [6.07, 6.45) is 3.39. The second-order valence-electron chi connectivity index (χ2n) is 5.28. The van der Waals surface area contributed by atoms with Gasteiger partial charge in [0.05, 0.1) is 5.69 Å². The molecule has 0 aliphatic carbocycles. The van der Waals surface area contributed by atoms with Gasteiger partial charge in [-0.3, -0.25) is 9.78 Å². The van der Waals surface area contributed by atoms with E-state index in [2.05, 4.69) is 16.8 Å². The zero-order valence-corrected chi connectivity index (χ0v) is 13.2. The van der Waals surface area contributed by atoms with Crippen LogP contribution in [-0.4, -0.2) is 37.2 Å². The van der Waals surface area contributed by atoms with E-state index in [1.807, 2.05) is 12.1 Å². The van der Waals surface area contributed by atoms with Gasteiger partial charge in [-0.1, -0.05) is 11.8 Å². The number of carbonyl (C=O) groups is 1. The van der Waals surface area contributed by atoms with Gasteiger partial charge >= 0.3 is 0 Å². The predicted molar refractivity (Wildman–Crippen MR) is 89.9 cm³/mol. The van der Waals surface area contributed by atoms with Gasteiger partial charge in [-0.15, -0.1) is 0 Å². The summed E-state index contributed by atoms with van der Waals surface area (Å²) in [5.41, 5.74) is 7.23. The van der Waals surface area contributed by atoms with Crippen molar-refractivity contribution in [3.63, 3.8) is 0 Å². The van der Waals surface area contributed by atoms with Crippen LogP contribution in [0.3, 0.4) is 0 Å². The maximum atomic E-state index is 12.1. The Hall–Kier alpha value is -3.04. The first-order chi connectivity index (χ1) is 11.6. The molecule has 1 aromatic carbocycles. The van der Waals surface area contributed by atoms with Crippen molar-refractivity contribution in [3.05, 3.63) is 48.3 Å². The van der Waals surface area contributed by atoms with Gasteiger partial charge in [-0.2, -0.15) is 0 Å². The number of aromatic nitrogens is 1.